The molecule has 0 bridgehead atoms. The van der Waals surface area contributed by atoms with E-state index in [1.807, 2.05) is 7.05 Å². The molecule has 0 radical (unpaired) electrons. The van der Waals surface area contributed by atoms with Crippen molar-refractivity contribution in [2.45, 2.75) is 18.5 Å². The highest BCUT2D eigenvalue weighted by atomic mass is 16.4. The largest absolute Gasteiger partial charge is 0.480 e. The van der Waals surface area contributed by atoms with Crippen molar-refractivity contribution in [2.75, 3.05) is 27.2 Å². The monoisotopic (exact) mass is 201 g/mol. The van der Waals surface area contributed by atoms with Gasteiger partial charge in [0.2, 0.25) is 0 Å². The molecule has 1 saturated heterocycles. The minimum absolute atomic E-state index is 0.286. The van der Waals surface area contributed by atoms with Crippen LogP contribution in [0.15, 0.2) is 0 Å². The summed E-state index contributed by atoms with van der Waals surface area (Å²) in [5.74, 6) is -0.580. The maximum absolute atomic E-state index is 10.9. The Hall–Kier alpha value is -0.650. The van der Waals surface area contributed by atoms with Crippen LogP contribution in [-0.4, -0.2) is 55.2 Å². The van der Waals surface area contributed by atoms with Crippen LogP contribution in [0.2, 0.25) is 0 Å². The molecular weight excluding hydrogens is 182 g/mol. The van der Waals surface area contributed by atoms with Gasteiger partial charge in [0.1, 0.15) is 6.04 Å². The third kappa shape index (κ3) is 2.43. The molecule has 0 aliphatic carbocycles. The first-order valence-electron chi connectivity index (χ1n) is 4.90. The summed E-state index contributed by atoms with van der Waals surface area (Å²) in [6.45, 7) is 1.90. The van der Waals surface area contributed by atoms with E-state index in [9.17, 15) is 4.79 Å². The van der Waals surface area contributed by atoms with Gasteiger partial charge in [-0.3, -0.25) is 4.79 Å². The molecule has 1 aliphatic heterocycles. The van der Waals surface area contributed by atoms with E-state index >= 15 is 0 Å². The molecule has 0 saturated carbocycles. The molecule has 0 spiro atoms. The molecule has 3 unspecified atom stereocenters. The van der Waals surface area contributed by atoms with Crippen LogP contribution in [0.5, 0.6) is 0 Å². The molecule has 1 fully saturated rings. The van der Waals surface area contributed by atoms with Gasteiger partial charge in [-0.05, 0) is 33.0 Å². The molecule has 3 atom stereocenters. The van der Waals surface area contributed by atoms with Crippen LogP contribution in [0.3, 0.4) is 0 Å². The minimum atomic E-state index is -0.866. The van der Waals surface area contributed by atoms with Crippen molar-refractivity contribution >= 4 is 5.97 Å². The van der Waals surface area contributed by atoms with E-state index in [2.05, 4.69) is 10.2 Å². The quantitative estimate of drug-likeness (QED) is 0.540. The number of likely N-dealkylation sites (tertiary alicyclic amines) is 1. The lowest BCUT2D eigenvalue weighted by Crippen LogP contribution is -2.53. The zero-order valence-electron chi connectivity index (χ0n) is 8.73. The standard InChI is InChI=1S/C9H19N3O2/c1-11-8(9(13)14)7(10)6-3-4-12(2)5-6/h6-8,11H,3-5,10H2,1-2H3,(H,13,14). The summed E-state index contributed by atoms with van der Waals surface area (Å²) in [6, 6.07) is -0.936. The van der Waals surface area contributed by atoms with E-state index in [-0.39, 0.29) is 12.0 Å². The molecule has 1 aliphatic rings. The summed E-state index contributed by atoms with van der Waals surface area (Å²) in [6.07, 6.45) is 0.989. The summed E-state index contributed by atoms with van der Waals surface area (Å²) < 4.78 is 0. The summed E-state index contributed by atoms with van der Waals surface area (Å²) in [4.78, 5) is 13.0. The summed E-state index contributed by atoms with van der Waals surface area (Å²) >= 11 is 0. The van der Waals surface area contributed by atoms with Crippen molar-refractivity contribution in [3.63, 3.8) is 0 Å². The first kappa shape index (κ1) is 11.4. The van der Waals surface area contributed by atoms with Gasteiger partial charge in [0, 0.05) is 12.6 Å². The Kier molecular flexibility index (Phi) is 3.86. The number of carbonyl (C=O) groups is 1. The number of nitrogens with two attached hydrogens (primary N) is 1. The first-order chi connectivity index (χ1) is 6.56. The van der Waals surface area contributed by atoms with Gasteiger partial charge < -0.3 is 21.1 Å². The van der Waals surface area contributed by atoms with Gasteiger partial charge >= 0.3 is 5.97 Å². The highest BCUT2D eigenvalue weighted by Gasteiger charge is 2.33. The van der Waals surface area contributed by atoms with Crippen molar-refractivity contribution in [3.05, 3.63) is 0 Å². The lowest BCUT2D eigenvalue weighted by Gasteiger charge is -2.24. The van der Waals surface area contributed by atoms with E-state index in [0.29, 0.717) is 0 Å². The van der Waals surface area contributed by atoms with Crippen LogP contribution in [0.25, 0.3) is 0 Å². The van der Waals surface area contributed by atoms with Crippen LogP contribution < -0.4 is 11.1 Å². The molecular formula is C9H19N3O2. The van der Waals surface area contributed by atoms with Crippen molar-refractivity contribution in [2.24, 2.45) is 11.7 Å². The van der Waals surface area contributed by atoms with Gasteiger partial charge in [-0.15, -0.1) is 0 Å². The van der Waals surface area contributed by atoms with E-state index in [1.54, 1.807) is 7.05 Å². The van der Waals surface area contributed by atoms with Gasteiger partial charge in [-0.1, -0.05) is 0 Å². The Morgan fingerprint density at radius 2 is 2.36 bits per heavy atom. The number of carboxylic acids is 1. The minimum Gasteiger partial charge on any atom is -0.480 e. The molecule has 4 N–H and O–H groups in total. The van der Waals surface area contributed by atoms with Gasteiger partial charge in [0.15, 0.2) is 0 Å². The highest BCUT2D eigenvalue weighted by molar-refractivity contribution is 5.74. The molecule has 0 aromatic rings. The number of hydrogen-bond acceptors (Lipinski definition) is 4. The van der Waals surface area contributed by atoms with Crippen molar-refractivity contribution in [1.29, 1.82) is 0 Å². The number of hydrogen-bond donors (Lipinski definition) is 3. The third-order valence-corrected chi connectivity index (χ3v) is 2.93. The van der Waals surface area contributed by atoms with E-state index < -0.39 is 12.0 Å². The normalized spacial score (nSPS) is 27.5. The third-order valence-electron chi connectivity index (χ3n) is 2.93. The highest BCUT2D eigenvalue weighted by Crippen LogP contribution is 2.18. The predicted octanol–water partition coefficient (Wildman–Crippen LogP) is -1.06. The van der Waals surface area contributed by atoms with Gasteiger partial charge in [-0.25, -0.2) is 0 Å². The fourth-order valence-corrected chi connectivity index (χ4v) is 2.04. The topological polar surface area (TPSA) is 78.6 Å². The Bertz CT molecular complexity index is 210. The Morgan fingerprint density at radius 1 is 1.71 bits per heavy atom. The molecule has 14 heavy (non-hydrogen) atoms. The maximum Gasteiger partial charge on any atom is 0.322 e. The van der Waals surface area contributed by atoms with Crippen LogP contribution in [0, 0.1) is 5.92 Å². The van der Waals surface area contributed by atoms with Crippen molar-refractivity contribution < 1.29 is 9.90 Å². The lowest BCUT2D eigenvalue weighted by atomic mass is 9.93. The zero-order valence-corrected chi connectivity index (χ0v) is 8.73. The molecule has 1 rings (SSSR count). The Balaban J connectivity index is 2.54. The number of carboxylic acid groups (broad SMARTS) is 1. The molecule has 5 nitrogen and oxygen atoms in total. The molecule has 0 amide bonds. The summed E-state index contributed by atoms with van der Waals surface area (Å²) in [7, 11) is 3.67. The fraction of sp³-hybridized carbons (Fsp3) is 0.889. The van der Waals surface area contributed by atoms with E-state index in [0.717, 1.165) is 19.5 Å². The molecule has 82 valence electrons. The van der Waals surface area contributed by atoms with Crippen LogP contribution in [-0.2, 0) is 4.79 Å². The Morgan fingerprint density at radius 3 is 2.71 bits per heavy atom. The zero-order chi connectivity index (χ0) is 10.7. The molecule has 0 aromatic heterocycles. The first-order valence-corrected chi connectivity index (χ1v) is 4.90. The second-order valence-electron chi connectivity index (χ2n) is 3.99. The van der Waals surface area contributed by atoms with Crippen LogP contribution in [0.4, 0.5) is 0 Å². The van der Waals surface area contributed by atoms with Crippen molar-refractivity contribution in [1.82, 2.24) is 10.2 Å². The average molecular weight is 201 g/mol. The van der Waals surface area contributed by atoms with Gasteiger partial charge in [0.25, 0.3) is 0 Å². The van der Waals surface area contributed by atoms with Crippen molar-refractivity contribution in [3.8, 4) is 0 Å². The van der Waals surface area contributed by atoms with Crippen LogP contribution in [0.1, 0.15) is 6.42 Å². The summed E-state index contributed by atoms with van der Waals surface area (Å²) in [5, 5.41) is 11.7. The Labute approximate surface area is 84.3 Å². The number of aliphatic carboxylic acids is 1. The number of nitrogens with one attached hydrogen (secondary N) is 1. The number of rotatable bonds is 4. The predicted molar refractivity (Wildman–Crippen MR) is 54.1 cm³/mol. The van der Waals surface area contributed by atoms with Gasteiger partial charge in [-0.2, -0.15) is 0 Å². The average Bonchev–Trinajstić information content (AvgIpc) is 2.52. The maximum atomic E-state index is 10.9. The smallest absolute Gasteiger partial charge is 0.322 e. The molecule has 1 heterocycles. The summed E-state index contributed by atoms with van der Waals surface area (Å²) in [5.41, 5.74) is 5.93. The van der Waals surface area contributed by atoms with Crippen LogP contribution >= 0.6 is 0 Å². The van der Waals surface area contributed by atoms with E-state index in [4.69, 9.17) is 10.8 Å². The molecule has 0 aromatic carbocycles. The van der Waals surface area contributed by atoms with E-state index in [1.165, 1.54) is 0 Å². The van der Waals surface area contributed by atoms with Gasteiger partial charge in [0.05, 0.1) is 0 Å². The number of nitrogens with zero attached hydrogens (tertiary/aromatic N) is 1. The SMILES string of the molecule is CNC(C(=O)O)C(N)C1CCN(C)C1. The number of likely N-dealkylation sites (N-methyl/N-ethyl adjacent to an activating group) is 1. The molecule has 5 heteroatoms. The fourth-order valence-electron chi connectivity index (χ4n) is 2.04. The second-order valence-corrected chi connectivity index (χ2v) is 3.99. The second kappa shape index (κ2) is 4.72. The lowest BCUT2D eigenvalue weighted by molar-refractivity contribution is -0.140.